The van der Waals surface area contributed by atoms with Crippen molar-refractivity contribution in [3.05, 3.63) is 71.1 Å². The SMILES string of the molecule is Cc1cccc(CCN2CC(c3nc(-c4ccccc4C)no3)CC2=O)c1. The van der Waals surface area contributed by atoms with Crippen LogP contribution in [0.3, 0.4) is 0 Å². The van der Waals surface area contributed by atoms with E-state index in [4.69, 9.17) is 4.52 Å². The lowest BCUT2D eigenvalue weighted by molar-refractivity contribution is -0.127. The molecule has 1 aromatic heterocycles. The van der Waals surface area contributed by atoms with Crippen molar-refractivity contribution in [3.8, 4) is 11.4 Å². The van der Waals surface area contributed by atoms with E-state index >= 15 is 0 Å². The molecule has 1 atom stereocenters. The first-order chi connectivity index (χ1) is 13.1. The monoisotopic (exact) mass is 361 g/mol. The standard InChI is InChI=1S/C22H23N3O2/c1-15-6-5-8-17(12-15)10-11-25-14-18(13-20(25)26)22-23-21(24-27-22)19-9-4-3-7-16(19)2/h3-9,12,18H,10-11,13-14H2,1-2H3. The Kier molecular flexibility index (Phi) is 4.75. The highest BCUT2D eigenvalue weighted by atomic mass is 16.5. The first kappa shape index (κ1) is 17.5. The van der Waals surface area contributed by atoms with E-state index in [1.54, 1.807) is 0 Å². The van der Waals surface area contributed by atoms with Crippen LogP contribution in [-0.4, -0.2) is 34.0 Å². The Bertz CT molecular complexity index is 963. The summed E-state index contributed by atoms with van der Waals surface area (Å²) < 4.78 is 5.49. The smallest absolute Gasteiger partial charge is 0.232 e. The number of likely N-dealkylation sites (tertiary alicyclic amines) is 1. The second-order valence-corrected chi connectivity index (χ2v) is 7.25. The summed E-state index contributed by atoms with van der Waals surface area (Å²) in [6.45, 7) is 5.47. The summed E-state index contributed by atoms with van der Waals surface area (Å²) in [5.41, 5.74) is 4.57. The van der Waals surface area contributed by atoms with Gasteiger partial charge in [-0.25, -0.2) is 0 Å². The quantitative estimate of drug-likeness (QED) is 0.691. The number of rotatable bonds is 5. The second kappa shape index (κ2) is 7.35. The Balaban J connectivity index is 1.43. The average Bonchev–Trinajstić information content (AvgIpc) is 3.27. The predicted octanol–water partition coefficient (Wildman–Crippen LogP) is 3.91. The van der Waals surface area contributed by atoms with Crippen LogP contribution in [0.4, 0.5) is 0 Å². The number of carbonyl (C=O) groups is 1. The molecular formula is C22H23N3O2. The molecule has 1 unspecified atom stereocenters. The third-order valence-corrected chi connectivity index (χ3v) is 5.14. The largest absolute Gasteiger partial charge is 0.342 e. The highest BCUT2D eigenvalue weighted by molar-refractivity contribution is 5.79. The summed E-state index contributed by atoms with van der Waals surface area (Å²) in [5.74, 6) is 1.27. The molecule has 1 aliphatic rings. The van der Waals surface area contributed by atoms with Crippen molar-refractivity contribution in [2.24, 2.45) is 0 Å². The van der Waals surface area contributed by atoms with Gasteiger partial charge in [0.25, 0.3) is 0 Å². The molecule has 4 rings (SSSR count). The molecule has 0 aliphatic carbocycles. The molecule has 0 bridgehead atoms. The molecule has 0 N–H and O–H groups in total. The van der Waals surface area contributed by atoms with Gasteiger partial charge in [-0.3, -0.25) is 4.79 Å². The average molecular weight is 361 g/mol. The van der Waals surface area contributed by atoms with Crippen molar-refractivity contribution in [2.75, 3.05) is 13.1 Å². The summed E-state index contributed by atoms with van der Waals surface area (Å²) in [5, 5.41) is 4.13. The lowest BCUT2D eigenvalue weighted by Crippen LogP contribution is -2.27. The minimum atomic E-state index is -0.0275. The molecule has 1 aliphatic heterocycles. The first-order valence-corrected chi connectivity index (χ1v) is 9.33. The van der Waals surface area contributed by atoms with E-state index in [2.05, 4.69) is 41.3 Å². The Morgan fingerprint density at radius 2 is 2.00 bits per heavy atom. The van der Waals surface area contributed by atoms with Gasteiger partial charge in [-0.15, -0.1) is 0 Å². The molecule has 27 heavy (non-hydrogen) atoms. The normalized spacial score (nSPS) is 16.9. The fraction of sp³-hybridized carbons (Fsp3) is 0.318. The van der Waals surface area contributed by atoms with Gasteiger partial charge in [-0.1, -0.05) is 59.3 Å². The number of hydrogen-bond acceptors (Lipinski definition) is 4. The summed E-state index contributed by atoms with van der Waals surface area (Å²) in [4.78, 5) is 18.9. The van der Waals surface area contributed by atoms with E-state index in [9.17, 15) is 4.79 Å². The van der Waals surface area contributed by atoms with Gasteiger partial charge in [-0.2, -0.15) is 4.98 Å². The number of hydrogen-bond donors (Lipinski definition) is 0. The van der Waals surface area contributed by atoms with Gasteiger partial charge in [0, 0.05) is 25.1 Å². The molecule has 138 valence electrons. The van der Waals surface area contributed by atoms with Crippen LogP contribution in [0, 0.1) is 13.8 Å². The van der Waals surface area contributed by atoms with E-state index in [0.29, 0.717) is 24.7 Å². The number of aryl methyl sites for hydroxylation is 2. The van der Waals surface area contributed by atoms with Crippen molar-refractivity contribution in [1.82, 2.24) is 15.0 Å². The number of nitrogens with zero attached hydrogens (tertiary/aromatic N) is 3. The minimum absolute atomic E-state index is 0.0275. The van der Waals surface area contributed by atoms with Gasteiger partial charge in [0.05, 0.1) is 5.92 Å². The van der Waals surface area contributed by atoms with Crippen LogP contribution < -0.4 is 0 Å². The predicted molar refractivity (Wildman–Crippen MR) is 103 cm³/mol. The fourth-order valence-corrected chi connectivity index (χ4v) is 3.62. The van der Waals surface area contributed by atoms with Gasteiger partial charge in [0.15, 0.2) is 0 Å². The van der Waals surface area contributed by atoms with Gasteiger partial charge in [-0.05, 0) is 31.4 Å². The van der Waals surface area contributed by atoms with Gasteiger partial charge < -0.3 is 9.42 Å². The van der Waals surface area contributed by atoms with Crippen LogP contribution in [0.2, 0.25) is 0 Å². The highest BCUT2D eigenvalue weighted by Gasteiger charge is 2.34. The van der Waals surface area contributed by atoms with E-state index < -0.39 is 0 Å². The lowest BCUT2D eigenvalue weighted by Gasteiger charge is -2.16. The summed E-state index contributed by atoms with van der Waals surface area (Å²) >= 11 is 0. The molecule has 5 heteroatoms. The van der Waals surface area contributed by atoms with Crippen molar-refractivity contribution in [1.29, 1.82) is 0 Å². The van der Waals surface area contributed by atoms with Crippen LogP contribution >= 0.6 is 0 Å². The maximum atomic E-state index is 12.4. The molecule has 3 aromatic rings. The summed E-state index contributed by atoms with van der Waals surface area (Å²) in [6.07, 6.45) is 1.29. The van der Waals surface area contributed by atoms with Gasteiger partial charge in [0.2, 0.25) is 17.6 Å². The Hall–Kier alpha value is -2.95. The molecule has 0 spiro atoms. The van der Waals surface area contributed by atoms with Gasteiger partial charge >= 0.3 is 0 Å². The van der Waals surface area contributed by atoms with Gasteiger partial charge in [0.1, 0.15) is 0 Å². The zero-order valence-corrected chi connectivity index (χ0v) is 15.7. The van der Waals surface area contributed by atoms with E-state index in [1.807, 2.05) is 36.1 Å². The summed E-state index contributed by atoms with van der Waals surface area (Å²) in [7, 11) is 0. The third kappa shape index (κ3) is 3.77. The zero-order valence-electron chi connectivity index (χ0n) is 15.7. The van der Waals surface area contributed by atoms with E-state index in [0.717, 1.165) is 24.1 Å². The van der Waals surface area contributed by atoms with E-state index in [1.165, 1.54) is 11.1 Å². The number of amides is 1. The van der Waals surface area contributed by atoms with Crippen molar-refractivity contribution in [3.63, 3.8) is 0 Å². The Morgan fingerprint density at radius 1 is 1.15 bits per heavy atom. The lowest BCUT2D eigenvalue weighted by atomic mass is 10.1. The number of benzene rings is 2. The molecule has 0 radical (unpaired) electrons. The van der Waals surface area contributed by atoms with Crippen molar-refractivity contribution >= 4 is 5.91 Å². The van der Waals surface area contributed by atoms with Crippen molar-refractivity contribution < 1.29 is 9.32 Å². The maximum Gasteiger partial charge on any atom is 0.232 e. The Labute approximate surface area is 159 Å². The van der Waals surface area contributed by atoms with Crippen LogP contribution in [0.1, 0.15) is 34.9 Å². The highest BCUT2D eigenvalue weighted by Crippen LogP contribution is 2.29. The second-order valence-electron chi connectivity index (χ2n) is 7.25. The zero-order chi connectivity index (χ0) is 18.8. The maximum absolute atomic E-state index is 12.4. The molecule has 1 saturated heterocycles. The molecule has 5 nitrogen and oxygen atoms in total. The molecule has 2 aromatic carbocycles. The molecule has 1 amide bonds. The van der Waals surface area contributed by atoms with E-state index in [-0.39, 0.29) is 11.8 Å². The first-order valence-electron chi connectivity index (χ1n) is 9.33. The van der Waals surface area contributed by atoms with Crippen LogP contribution in [0.5, 0.6) is 0 Å². The third-order valence-electron chi connectivity index (χ3n) is 5.14. The molecule has 0 saturated carbocycles. The Morgan fingerprint density at radius 3 is 2.81 bits per heavy atom. The molecular weight excluding hydrogens is 338 g/mol. The van der Waals surface area contributed by atoms with Crippen LogP contribution in [-0.2, 0) is 11.2 Å². The van der Waals surface area contributed by atoms with Crippen LogP contribution in [0.25, 0.3) is 11.4 Å². The molecule has 2 heterocycles. The number of carbonyl (C=O) groups excluding carboxylic acids is 1. The van der Waals surface area contributed by atoms with Crippen LogP contribution in [0.15, 0.2) is 53.1 Å². The van der Waals surface area contributed by atoms with Crippen molar-refractivity contribution in [2.45, 2.75) is 32.6 Å². The number of aromatic nitrogens is 2. The fourth-order valence-electron chi connectivity index (χ4n) is 3.62. The molecule has 1 fully saturated rings. The minimum Gasteiger partial charge on any atom is -0.342 e. The topological polar surface area (TPSA) is 59.2 Å². The summed E-state index contributed by atoms with van der Waals surface area (Å²) in [6, 6.07) is 16.4.